The second-order valence-electron chi connectivity index (χ2n) is 5.01. The summed E-state index contributed by atoms with van der Waals surface area (Å²) in [6.07, 6.45) is -0.764. The summed E-state index contributed by atoms with van der Waals surface area (Å²) in [5.74, 6) is 0.359. The number of carbonyl (C=O) groups excluding carboxylic acids is 1. The SMILES string of the molecule is COC(=O)[C@H](OC)c1cc(C)c(C)n1-c1ccc(OC)cc1. The Bertz CT molecular complexity index is 658. The maximum Gasteiger partial charge on any atom is 0.341 e. The van der Waals surface area contributed by atoms with Crippen LogP contribution in [-0.2, 0) is 14.3 Å². The standard InChI is InChI=1S/C17H21NO4/c1-11-10-15(16(21-4)17(19)22-5)18(12(11)2)13-6-8-14(20-3)9-7-13/h6-10,16H,1-5H3/t16-/m1/s1. The average molecular weight is 303 g/mol. The van der Waals surface area contributed by atoms with Gasteiger partial charge in [0.2, 0.25) is 0 Å². The van der Waals surface area contributed by atoms with Gasteiger partial charge in [0.1, 0.15) is 5.75 Å². The van der Waals surface area contributed by atoms with Crippen molar-refractivity contribution in [2.24, 2.45) is 0 Å². The highest BCUT2D eigenvalue weighted by Gasteiger charge is 2.26. The zero-order valence-electron chi connectivity index (χ0n) is 13.5. The van der Waals surface area contributed by atoms with Gasteiger partial charge in [0, 0.05) is 18.5 Å². The molecule has 1 atom stereocenters. The van der Waals surface area contributed by atoms with Gasteiger partial charge in [0.25, 0.3) is 0 Å². The molecule has 5 nitrogen and oxygen atoms in total. The molecule has 0 saturated carbocycles. The Morgan fingerprint density at radius 1 is 1.09 bits per heavy atom. The van der Waals surface area contributed by atoms with E-state index in [-0.39, 0.29) is 0 Å². The van der Waals surface area contributed by atoms with E-state index >= 15 is 0 Å². The molecule has 2 aromatic rings. The van der Waals surface area contributed by atoms with Crippen molar-refractivity contribution in [2.75, 3.05) is 21.3 Å². The summed E-state index contributed by atoms with van der Waals surface area (Å²) in [4.78, 5) is 12.0. The predicted octanol–water partition coefficient (Wildman–Crippen LogP) is 2.96. The maximum atomic E-state index is 12.0. The van der Waals surface area contributed by atoms with E-state index in [1.165, 1.54) is 14.2 Å². The summed E-state index contributed by atoms with van der Waals surface area (Å²) in [6.45, 7) is 4.01. The van der Waals surface area contributed by atoms with Gasteiger partial charge in [-0.05, 0) is 49.7 Å². The van der Waals surface area contributed by atoms with Gasteiger partial charge in [-0.3, -0.25) is 0 Å². The van der Waals surface area contributed by atoms with Gasteiger partial charge in [-0.15, -0.1) is 0 Å². The minimum absolute atomic E-state index is 0.422. The summed E-state index contributed by atoms with van der Waals surface area (Å²) in [5, 5.41) is 0. The average Bonchev–Trinajstić information content (AvgIpc) is 2.83. The number of rotatable bonds is 5. The molecule has 0 amide bonds. The Morgan fingerprint density at radius 2 is 1.73 bits per heavy atom. The molecular formula is C17H21NO4. The molecule has 22 heavy (non-hydrogen) atoms. The molecule has 0 aliphatic heterocycles. The summed E-state index contributed by atoms with van der Waals surface area (Å²) in [6, 6.07) is 9.60. The van der Waals surface area contributed by atoms with E-state index in [2.05, 4.69) is 0 Å². The van der Waals surface area contributed by atoms with Crippen molar-refractivity contribution in [1.82, 2.24) is 4.57 Å². The van der Waals surface area contributed by atoms with Crippen LogP contribution in [0.2, 0.25) is 0 Å². The van der Waals surface area contributed by atoms with E-state index in [9.17, 15) is 4.79 Å². The molecule has 0 saturated heterocycles. The molecule has 0 bridgehead atoms. The lowest BCUT2D eigenvalue weighted by Crippen LogP contribution is -2.19. The maximum absolute atomic E-state index is 12.0. The third kappa shape index (κ3) is 2.85. The van der Waals surface area contributed by atoms with Crippen LogP contribution in [0, 0.1) is 13.8 Å². The molecule has 0 spiro atoms. The van der Waals surface area contributed by atoms with Crippen molar-refractivity contribution in [2.45, 2.75) is 20.0 Å². The third-order valence-corrected chi connectivity index (χ3v) is 3.78. The fourth-order valence-electron chi connectivity index (χ4n) is 2.47. The lowest BCUT2D eigenvalue weighted by Gasteiger charge is -2.18. The molecule has 1 aromatic carbocycles. The van der Waals surface area contributed by atoms with Crippen LogP contribution < -0.4 is 4.74 Å². The molecule has 118 valence electrons. The van der Waals surface area contributed by atoms with E-state index in [0.717, 1.165) is 28.4 Å². The van der Waals surface area contributed by atoms with Gasteiger partial charge in [0.05, 0.1) is 19.9 Å². The summed E-state index contributed by atoms with van der Waals surface area (Å²) >= 11 is 0. The molecule has 0 unspecified atom stereocenters. The number of aromatic nitrogens is 1. The zero-order chi connectivity index (χ0) is 16.3. The minimum Gasteiger partial charge on any atom is -0.497 e. The molecule has 0 aliphatic rings. The van der Waals surface area contributed by atoms with Gasteiger partial charge in [-0.2, -0.15) is 0 Å². The van der Waals surface area contributed by atoms with Crippen molar-refractivity contribution in [3.05, 3.63) is 47.3 Å². The van der Waals surface area contributed by atoms with Crippen molar-refractivity contribution >= 4 is 5.97 Å². The fourth-order valence-corrected chi connectivity index (χ4v) is 2.47. The van der Waals surface area contributed by atoms with Crippen LogP contribution in [0.3, 0.4) is 0 Å². The molecule has 0 fully saturated rings. The van der Waals surface area contributed by atoms with Crippen molar-refractivity contribution < 1.29 is 19.0 Å². The highest BCUT2D eigenvalue weighted by molar-refractivity contribution is 5.76. The smallest absolute Gasteiger partial charge is 0.341 e. The Hall–Kier alpha value is -2.27. The Kier molecular flexibility index (Phi) is 4.88. The number of ether oxygens (including phenoxy) is 3. The summed E-state index contributed by atoms with van der Waals surface area (Å²) in [5.41, 5.74) is 3.81. The highest BCUT2D eigenvalue weighted by Crippen LogP contribution is 2.28. The van der Waals surface area contributed by atoms with Gasteiger partial charge < -0.3 is 18.8 Å². The number of nitrogens with zero attached hydrogens (tertiary/aromatic N) is 1. The number of benzene rings is 1. The quantitative estimate of drug-likeness (QED) is 0.797. The first-order valence-corrected chi connectivity index (χ1v) is 6.97. The van der Waals surface area contributed by atoms with Crippen LogP contribution in [-0.4, -0.2) is 31.9 Å². The molecule has 0 N–H and O–H groups in total. The number of aryl methyl sites for hydroxylation is 1. The van der Waals surface area contributed by atoms with Gasteiger partial charge >= 0.3 is 5.97 Å². The van der Waals surface area contributed by atoms with Gasteiger partial charge in [-0.25, -0.2) is 4.79 Å². The van der Waals surface area contributed by atoms with Gasteiger partial charge in [0.15, 0.2) is 6.10 Å². The van der Waals surface area contributed by atoms with Crippen LogP contribution >= 0.6 is 0 Å². The molecule has 0 radical (unpaired) electrons. The number of hydrogen-bond donors (Lipinski definition) is 0. The van der Waals surface area contributed by atoms with Crippen LogP contribution in [0.25, 0.3) is 5.69 Å². The number of methoxy groups -OCH3 is 3. The van der Waals surface area contributed by atoms with Crippen LogP contribution in [0.5, 0.6) is 5.75 Å². The Morgan fingerprint density at radius 3 is 2.23 bits per heavy atom. The van der Waals surface area contributed by atoms with E-state index < -0.39 is 12.1 Å². The first kappa shape index (κ1) is 16.1. The number of esters is 1. The van der Waals surface area contributed by atoms with E-state index in [1.807, 2.05) is 48.7 Å². The van der Waals surface area contributed by atoms with Crippen molar-refractivity contribution in [3.63, 3.8) is 0 Å². The fraction of sp³-hybridized carbons (Fsp3) is 0.353. The molecule has 0 aliphatic carbocycles. The second-order valence-corrected chi connectivity index (χ2v) is 5.01. The second kappa shape index (κ2) is 6.66. The minimum atomic E-state index is -0.764. The lowest BCUT2D eigenvalue weighted by molar-refractivity contribution is -0.153. The van der Waals surface area contributed by atoms with E-state index in [4.69, 9.17) is 14.2 Å². The first-order valence-electron chi connectivity index (χ1n) is 6.97. The topological polar surface area (TPSA) is 49.7 Å². The van der Waals surface area contributed by atoms with Crippen LogP contribution in [0.1, 0.15) is 23.1 Å². The van der Waals surface area contributed by atoms with E-state index in [1.54, 1.807) is 7.11 Å². The Balaban J connectivity index is 2.56. The van der Waals surface area contributed by atoms with Crippen LogP contribution in [0.15, 0.2) is 30.3 Å². The predicted molar refractivity (Wildman–Crippen MR) is 83.6 cm³/mol. The molecule has 1 aromatic heterocycles. The van der Waals surface area contributed by atoms with E-state index in [0.29, 0.717) is 0 Å². The molecular weight excluding hydrogens is 282 g/mol. The molecule has 2 rings (SSSR count). The Labute approximate surface area is 130 Å². The van der Waals surface area contributed by atoms with Crippen LogP contribution in [0.4, 0.5) is 0 Å². The van der Waals surface area contributed by atoms with Crippen molar-refractivity contribution in [3.8, 4) is 11.4 Å². The lowest BCUT2D eigenvalue weighted by atomic mass is 10.2. The largest absolute Gasteiger partial charge is 0.497 e. The van der Waals surface area contributed by atoms with Gasteiger partial charge in [-0.1, -0.05) is 0 Å². The monoisotopic (exact) mass is 303 g/mol. The zero-order valence-corrected chi connectivity index (χ0v) is 13.5. The number of carbonyl (C=O) groups is 1. The number of hydrogen-bond acceptors (Lipinski definition) is 4. The van der Waals surface area contributed by atoms with Crippen molar-refractivity contribution in [1.29, 1.82) is 0 Å². The normalized spacial score (nSPS) is 12.0. The first-order chi connectivity index (χ1) is 10.5. The molecule has 1 heterocycles. The summed E-state index contributed by atoms with van der Waals surface area (Å²) < 4.78 is 17.4. The summed E-state index contributed by atoms with van der Waals surface area (Å²) in [7, 11) is 4.48. The third-order valence-electron chi connectivity index (χ3n) is 3.78. The molecule has 5 heteroatoms. The highest BCUT2D eigenvalue weighted by atomic mass is 16.6.